The highest BCUT2D eigenvalue weighted by Gasteiger charge is 2.07. The number of aryl methyl sites for hydroxylation is 3. The van der Waals surface area contributed by atoms with Gasteiger partial charge in [-0.3, -0.25) is 4.79 Å². The normalized spacial score (nSPS) is 11.1. The second kappa shape index (κ2) is 8.35. The zero-order valence-corrected chi connectivity index (χ0v) is 17.1. The molecule has 1 amide bonds. The Hall–Kier alpha value is -2.66. The van der Waals surface area contributed by atoms with Crippen LogP contribution in [-0.4, -0.2) is 12.1 Å². The van der Waals surface area contributed by atoms with Crippen LogP contribution in [0.25, 0.3) is 11.3 Å². The highest BCUT2D eigenvalue weighted by Crippen LogP contribution is 2.26. The number of hydrogen-bond acceptors (Lipinski definition) is 3. The Morgan fingerprint density at radius 1 is 1.07 bits per heavy atom. The van der Waals surface area contributed by atoms with Crippen LogP contribution in [0, 0.1) is 20.8 Å². The van der Waals surface area contributed by atoms with Crippen LogP contribution < -0.4 is 5.43 Å². The SMILES string of the molecule is Cc1ccc(CC(=O)N/N=C/c2ccc(-c3ccc(C)c(Br)c3)o2)c(C)c1. The lowest BCUT2D eigenvalue weighted by Crippen LogP contribution is -2.20. The number of benzene rings is 2. The van der Waals surface area contributed by atoms with E-state index in [0.717, 1.165) is 26.9 Å². The molecule has 1 N–H and O–H groups in total. The Balaban J connectivity index is 1.60. The van der Waals surface area contributed by atoms with Crippen LogP contribution in [0.1, 0.15) is 28.0 Å². The number of carbonyl (C=O) groups is 1. The molecule has 5 heteroatoms. The van der Waals surface area contributed by atoms with Crippen molar-refractivity contribution in [2.24, 2.45) is 5.10 Å². The van der Waals surface area contributed by atoms with E-state index >= 15 is 0 Å². The van der Waals surface area contributed by atoms with Crippen molar-refractivity contribution >= 4 is 28.1 Å². The standard InChI is InChI=1S/C22H21BrN2O2/c1-14-4-6-17(16(3)10-14)12-22(26)25-24-13-19-8-9-21(27-19)18-7-5-15(2)20(23)11-18/h4-11,13H,12H2,1-3H3,(H,25,26)/b24-13+. The fourth-order valence-electron chi connectivity index (χ4n) is 2.75. The summed E-state index contributed by atoms with van der Waals surface area (Å²) in [5, 5.41) is 4.00. The van der Waals surface area contributed by atoms with Crippen LogP contribution in [0.3, 0.4) is 0 Å². The predicted octanol–water partition coefficient (Wildman–Crippen LogP) is 5.33. The van der Waals surface area contributed by atoms with Crippen LogP contribution in [0.5, 0.6) is 0 Å². The third-order valence-electron chi connectivity index (χ3n) is 4.31. The van der Waals surface area contributed by atoms with E-state index in [0.29, 0.717) is 12.2 Å². The molecule has 4 nitrogen and oxygen atoms in total. The number of nitrogens with one attached hydrogen (secondary N) is 1. The van der Waals surface area contributed by atoms with Gasteiger partial charge in [-0.15, -0.1) is 0 Å². The number of hydrazone groups is 1. The summed E-state index contributed by atoms with van der Waals surface area (Å²) < 4.78 is 6.81. The molecule has 2 aromatic carbocycles. The average Bonchev–Trinajstić information content (AvgIpc) is 3.09. The van der Waals surface area contributed by atoms with E-state index in [1.165, 1.54) is 17.3 Å². The second-order valence-electron chi connectivity index (χ2n) is 6.57. The molecule has 0 radical (unpaired) electrons. The molecular weight excluding hydrogens is 404 g/mol. The first kappa shape index (κ1) is 19.1. The Morgan fingerprint density at radius 2 is 1.89 bits per heavy atom. The molecule has 0 bridgehead atoms. The number of furan rings is 1. The zero-order chi connectivity index (χ0) is 19.4. The number of nitrogens with zero attached hydrogens (tertiary/aromatic N) is 1. The molecule has 3 rings (SSSR count). The minimum atomic E-state index is -0.160. The van der Waals surface area contributed by atoms with Gasteiger partial charge in [0, 0.05) is 10.0 Å². The molecular formula is C22H21BrN2O2. The summed E-state index contributed by atoms with van der Waals surface area (Å²) in [6.07, 6.45) is 1.80. The maximum Gasteiger partial charge on any atom is 0.244 e. The van der Waals surface area contributed by atoms with Crippen LogP contribution in [0.15, 0.2) is 62.5 Å². The molecule has 0 unspecified atom stereocenters. The predicted molar refractivity (Wildman–Crippen MR) is 112 cm³/mol. The van der Waals surface area contributed by atoms with Gasteiger partial charge in [-0.1, -0.05) is 51.8 Å². The van der Waals surface area contributed by atoms with Crippen LogP contribution in [0.2, 0.25) is 0 Å². The van der Waals surface area contributed by atoms with Gasteiger partial charge in [0.05, 0.1) is 12.6 Å². The summed E-state index contributed by atoms with van der Waals surface area (Å²) in [7, 11) is 0. The third kappa shape index (κ3) is 4.95. The van der Waals surface area contributed by atoms with Gasteiger partial charge in [-0.2, -0.15) is 5.10 Å². The van der Waals surface area contributed by atoms with Gasteiger partial charge >= 0.3 is 0 Å². The van der Waals surface area contributed by atoms with Gasteiger partial charge in [-0.05, 0) is 55.7 Å². The lowest BCUT2D eigenvalue weighted by molar-refractivity contribution is -0.120. The molecule has 0 atom stereocenters. The van der Waals surface area contributed by atoms with E-state index in [1.807, 2.05) is 63.2 Å². The Morgan fingerprint density at radius 3 is 2.63 bits per heavy atom. The van der Waals surface area contributed by atoms with Gasteiger partial charge in [-0.25, -0.2) is 5.43 Å². The van der Waals surface area contributed by atoms with Crippen LogP contribution in [-0.2, 0) is 11.2 Å². The third-order valence-corrected chi connectivity index (χ3v) is 5.17. The van der Waals surface area contributed by atoms with Crippen molar-refractivity contribution in [3.8, 4) is 11.3 Å². The van der Waals surface area contributed by atoms with Crippen LogP contribution in [0.4, 0.5) is 0 Å². The molecule has 0 saturated heterocycles. The van der Waals surface area contributed by atoms with Gasteiger partial charge in [0.1, 0.15) is 11.5 Å². The summed E-state index contributed by atoms with van der Waals surface area (Å²) >= 11 is 3.53. The molecule has 0 aliphatic heterocycles. The Bertz CT molecular complexity index is 1010. The van der Waals surface area contributed by atoms with E-state index < -0.39 is 0 Å². The van der Waals surface area contributed by atoms with E-state index in [9.17, 15) is 4.79 Å². The molecule has 27 heavy (non-hydrogen) atoms. The first-order valence-electron chi connectivity index (χ1n) is 8.67. The average molecular weight is 425 g/mol. The Labute approximate surface area is 167 Å². The van der Waals surface area contributed by atoms with E-state index in [4.69, 9.17) is 4.42 Å². The van der Waals surface area contributed by atoms with Gasteiger partial charge < -0.3 is 4.42 Å². The van der Waals surface area contributed by atoms with Gasteiger partial charge in [0.2, 0.25) is 5.91 Å². The fraction of sp³-hybridized carbons (Fsp3) is 0.182. The minimum Gasteiger partial charge on any atom is -0.455 e. The highest BCUT2D eigenvalue weighted by atomic mass is 79.9. The lowest BCUT2D eigenvalue weighted by Gasteiger charge is -2.05. The van der Waals surface area contributed by atoms with E-state index in [1.54, 1.807) is 0 Å². The molecule has 0 spiro atoms. The number of halogens is 1. The lowest BCUT2D eigenvalue weighted by atomic mass is 10.0. The molecule has 0 fully saturated rings. The minimum absolute atomic E-state index is 0.160. The summed E-state index contributed by atoms with van der Waals surface area (Å²) in [5.74, 6) is 1.17. The number of hydrogen-bond donors (Lipinski definition) is 1. The quantitative estimate of drug-likeness (QED) is 0.444. The number of carbonyl (C=O) groups excluding carboxylic acids is 1. The van der Waals surface area contributed by atoms with E-state index in [2.05, 4.69) is 32.5 Å². The van der Waals surface area contributed by atoms with Crippen molar-refractivity contribution in [3.05, 3.63) is 81.0 Å². The second-order valence-corrected chi connectivity index (χ2v) is 7.42. The zero-order valence-electron chi connectivity index (χ0n) is 15.5. The summed E-state index contributed by atoms with van der Waals surface area (Å²) in [5.41, 5.74) is 7.98. The summed E-state index contributed by atoms with van der Waals surface area (Å²) in [4.78, 5) is 12.1. The fourth-order valence-corrected chi connectivity index (χ4v) is 3.13. The highest BCUT2D eigenvalue weighted by molar-refractivity contribution is 9.10. The first-order chi connectivity index (χ1) is 12.9. The van der Waals surface area contributed by atoms with Crippen molar-refractivity contribution in [2.75, 3.05) is 0 Å². The molecule has 3 aromatic rings. The largest absolute Gasteiger partial charge is 0.455 e. The maximum atomic E-state index is 12.1. The molecule has 0 aliphatic rings. The van der Waals surface area contributed by atoms with Crippen molar-refractivity contribution < 1.29 is 9.21 Å². The smallest absolute Gasteiger partial charge is 0.244 e. The first-order valence-corrected chi connectivity index (χ1v) is 9.46. The van der Waals surface area contributed by atoms with Gasteiger partial charge in [0.15, 0.2) is 0 Å². The number of amides is 1. The van der Waals surface area contributed by atoms with Crippen molar-refractivity contribution in [1.82, 2.24) is 5.43 Å². The Kier molecular flexibility index (Phi) is 5.91. The summed E-state index contributed by atoms with van der Waals surface area (Å²) in [6.45, 7) is 6.08. The molecule has 138 valence electrons. The van der Waals surface area contributed by atoms with Crippen LogP contribution >= 0.6 is 15.9 Å². The molecule has 1 heterocycles. The van der Waals surface area contributed by atoms with Crippen molar-refractivity contribution in [3.63, 3.8) is 0 Å². The topological polar surface area (TPSA) is 54.6 Å². The van der Waals surface area contributed by atoms with E-state index in [-0.39, 0.29) is 5.91 Å². The van der Waals surface area contributed by atoms with Gasteiger partial charge in [0.25, 0.3) is 0 Å². The van der Waals surface area contributed by atoms with Crippen molar-refractivity contribution in [2.45, 2.75) is 27.2 Å². The summed E-state index contributed by atoms with van der Waals surface area (Å²) in [6, 6.07) is 15.8. The molecule has 1 aromatic heterocycles. The number of rotatable bonds is 5. The monoisotopic (exact) mass is 424 g/mol. The molecule has 0 aliphatic carbocycles. The molecule has 0 saturated carbocycles. The maximum absolute atomic E-state index is 12.1. The van der Waals surface area contributed by atoms with Crippen molar-refractivity contribution in [1.29, 1.82) is 0 Å².